The van der Waals surface area contributed by atoms with Crippen molar-refractivity contribution in [1.82, 2.24) is 0 Å². The first-order valence-corrected chi connectivity index (χ1v) is 6.32. The lowest BCUT2D eigenvalue weighted by Gasteiger charge is -2.48. The molecule has 0 aliphatic carbocycles. The summed E-state index contributed by atoms with van der Waals surface area (Å²) >= 11 is 0. The Morgan fingerprint density at radius 3 is 2.53 bits per heavy atom. The third-order valence-corrected chi connectivity index (χ3v) is 4.39. The fraction of sp³-hybridized carbons (Fsp3) is 1.00. The van der Waals surface area contributed by atoms with E-state index in [4.69, 9.17) is 10.5 Å². The highest BCUT2D eigenvalue weighted by atomic mass is 16.5. The van der Waals surface area contributed by atoms with E-state index in [0.717, 1.165) is 26.0 Å². The zero-order chi connectivity index (χ0) is 11.5. The molecule has 15 heavy (non-hydrogen) atoms. The van der Waals surface area contributed by atoms with Crippen LogP contribution in [-0.2, 0) is 4.74 Å². The summed E-state index contributed by atoms with van der Waals surface area (Å²) in [4.78, 5) is 0. The van der Waals surface area contributed by atoms with Crippen LogP contribution in [0.4, 0.5) is 0 Å². The zero-order valence-electron chi connectivity index (χ0n) is 10.8. The van der Waals surface area contributed by atoms with Crippen LogP contribution in [0.25, 0.3) is 0 Å². The van der Waals surface area contributed by atoms with Gasteiger partial charge in [0.1, 0.15) is 0 Å². The maximum absolute atomic E-state index is 5.93. The lowest BCUT2D eigenvalue weighted by atomic mass is 9.64. The molecule has 1 aliphatic heterocycles. The van der Waals surface area contributed by atoms with Crippen molar-refractivity contribution < 1.29 is 4.74 Å². The molecule has 2 heteroatoms. The number of rotatable bonds is 4. The quantitative estimate of drug-likeness (QED) is 0.779. The number of hydrogen-bond acceptors (Lipinski definition) is 2. The first-order chi connectivity index (χ1) is 6.98. The molecule has 1 heterocycles. The van der Waals surface area contributed by atoms with E-state index in [1.165, 1.54) is 12.8 Å². The normalized spacial score (nSPS) is 37.2. The Labute approximate surface area is 94.6 Å². The van der Waals surface area contributed by atoms with E-state index in [9.17, 15) is 0 Å². The highest BCUT2D eigenvalue weighted by Crippen LogP contribution is 2.47. The summed E-state index contributed by atoms with van der Waals surface area (Å²) in [6, 6.07) is 0. The average Bonchev–Trinajstić information content (AvgIpc) is 2.18. The van der Waals surface area contributed by atoms with Crippen molar-refractivity contribution in [3.8, 4) is 0 Å². The van der Waals surface area contributed by atoms with E-state index in [1.807, 2.05) is 0 Å². The van der Waals surface area contributed by atoms with Gasteiger partial charge >= 0.3 is 0 Å². The van der Waals surface area contributed by atoms with Gasteiger partial charge in [0, 0.05) is 6.61 Å². The van der Waals surface area contributed by atoms with E-state index >= 15 is 0 Å². The minimum atomic E-state index is 0.0810. The summed E-state index contributed by atoms with van der Waals surface area (Å²) in [7, 11) is 0. The van der Waals surface area contributed by atoms with Crippen LogP contribution in [-0.4, -0.2) is 18.8 Å². The largest absolute Gasteiger partial charge is 0.375 e. The molecule has 0 bridgehead atoms. The third kappa shape index (κ3) is 2.73. The van der Waals surface area contributed by atoms with Gasteiger partial charge in [-0.25, -0.2) is 0 Å². The Morgan fingerprint density at radius 2 is 2.07 bits per heavy atom. The Balaban J connectivity index is 2.80. The summed E-state index contributed by atoms with van der Waals surface area (Å²) in [6.07, 6.45) is 4.60. The van der Waals surface area contributed by atoms with Crippen LogP contribution in [0.15, 0.2) is 0 Å². The molecular formula is C13H27NO. The maximum atomic E-state index is 5.93. The van der Waals surface area contributed by atoms with E-state index in [-0.39, 0.29) is 5.60 Å². The zero-order valence-corrected chi connectivity index (χ0v) is 10.8. The van der Waals surface area contributed by atoms with Crippen molar-refractivity contribution in [2.75, 3.05) is 13.2 Å². The first-order valence-electron chi connectivity index (χ1n) is 6.32. The highest BCUT2D eigenvalue weighted by molar-refractivity contribution is 4.93. The molecule has 1 fully saturated rings. The molecule has 1 rings (SSSR count). The lowest BCUT2D eigenvalue weighted by molar-refractivity contribution is -0.132. The monoisotopic (exact) mass is 213 g/mol. The van der Waals surface area contributed by atoms with E-state index in [0.29, 0.717) is 11.3 Å². The van der Waals surface area contributed by atoms with Crippen LogP contribution in [0.5, 0.6) is 0 Å². The van der Waals surface area contributed by atoms with Crippen LogP contribution in [0.1, 0.15) is 53.4 Å². The molecule has 1 aliphatic rings. The molecule has 0 aromatic rings. The van der Waals surface area contributed by atoms with Crippen LogP contribution in [0, 0.1) is 11.3 Å². The number of nitrogens with two attached hydrogens (primary N) is 1. The third-order valence-electron chi connectivity index (χ3n) is 4.39. The van der Waals surface area contributed by atoms with Gasteiger partial charge in [-0.3, -0.25) is 0 Å². The SMILES string of the molecule is CC[C@]1(C)C[C@@](CCN)(C(C)C)CCO1. The second-order valence-electron chi connectivity index (χ2n) is 5.63. The molecule has 2 atom stereocenters. The topological polar surface area (TPSA) is 35.2 Å². The van der Waals surface area contributed by atoms with Crippen molar-refractivity contribution in [1.29, 1.82) is 0 Å². The lowest BCUT2D eigenvalue weighted by Crippen LogP contribution is -2.46. The molecule has 90 valence electrons. The van der Waals surface area contributed by atoms with Gasteiger partial charge in [-0.1, -0.05) is 20.8 Å². The van der Waals surface area contributed by atoms with Crippen molar-refractivity contribution in [3.05, 3.63) is 0 Å². The Hall–Kier alpha value is -0.0800. The van der Waals surface area contributed by atoms with Gasteiger partial charge in [-0.2, -0.15) is 0 Å². The minimum Gasteiger partial charge on any atom is -0.375 e. The van der Waals surface area contributed by atoms with Crippen LogP contribution in [0.3, 0.4) is 0 Å². The van der Waals surface area contributed by atoms with E-state index in [1.54, 1.807) is 0 Å². The van der Waals surface area contributed by atoms with Crippen molar-refractivity contribution >= 4 is 0 Å². The van der Waals surface area contributed by atoms with Gasteiger partial charge in [0.2, 0.25) is 0 Å². The molecule has 0 unspecified atom stereocenters. The Morgan fingerprint density at radius 1 is 1.40 bits per heavy atom. The highest BCUT2D eigenvalue weighted by Gasteiger charge is 2.43. The predicted octanol–water partition coefficient (Wildman–Crippen LogP) is 2.96. The molecule has 2 nitrogen and oxygen atoms in total. The predicted molar refractivity (Wildman–Crippen MR) is 64.8 cm³/mol. The summed E-state index contributed by atoms with van der Waals surface area (Å²) in [5.41, 5.74) is 6.27. The molecule has 0 spiro atoms. The average molecular weight is 213 g/mol. The molecule has 0 saturated carbocycles. The second-order valence-corrected chi connectivity index (χ2v) is 5.63. The second kappa shape index (κ2) is 4.84. The van der Waals surface area contributed by atoms with Gasteiger partial charge < -0.3 is 10.5 Å². The summed E-state index contributed by atoms with van der Waals surface area (Å²) < 4.78 is 5.93. The molecule has 0 aromatic carbocycles. The van der Waals surface area contributed by atoms with Crippen molar-refractivity contribution in [3.63, 3.8) is 0 Å². The summed E-state index contributed by atoms with van der Waals surface area (Å²) in [5, 5.41) is 0. The van der Waals surface area contributed by atoms with Gasteiger partial charge in [-0.15, -0.1) is 0 Å². The van der Waals surface area contributed by atoms with E-state index in [2.05, 4.69) is 27.7 Å². The van der Waals surface area contributed by atoms with Crippen LogP contribution in [0.2, 0.25) is 0 Å². The van der Waals surface area contributed by atoms with Crippen molar-refractivity contribution in [2.45, 2.75) is 59.0 Å². The fourth-order valence-electron chi connectivity index (χ4n) is 2.89. The van der Waals surface area contributed by atoms with E-state index < -0.39 is 0 Å². The van der Waals surface area contributed by atoms with Crippen LogP contribution >= 0.6 is 0 Å². The number of ether oxygens (including phenoxy) is 1. The smallest absolute Gasteiger partial charge is 0.0657 e. The maximum Gasteiger partial charge on any atom is 0.0657 e. The van der Waals surface area contributed by atoms with Gasteiger partial charge in [0.15, 0.2) is 0 Å². The van der Waals surface area contributed by atoms with Gasteiger partial charge in [-0.05, 0) is 50.5 Å². The Bertz CT molecular complexity index is 201. The standard InChI is InChI=1S/C13H27NO/c1-5-12(4)10-13(6-8-14,11(2)3)7-9-15-12/h11H,5-10,14H2,1-4H3/t12-,13+/m1/s1. The number of hydrogen-bond donors (Lipinski definition) is 1. The Kier molecular flexibility index (Phi) is 4.19. The molecule has 0 aromatic heterocycles. The summed E-state index contributed by atoms with van der Waals surface area (Å²) in [5.74, 6) is 0.704. The molecule has 2 N–H and O–H groups in total. The first kappa shape index (κ1) is 13.0. The fourth-order valence-corrected chi connectivity index (χ4v) is 2.89. The molecule has 0 radical (unpaired) electrons. The minimum absolute atomic E-state index is 0.0810. The van der Waals surface area contributed by atoms with Gasteiger partial charge in [0.05, 0.1) is 5.60 Å². The summed E-state index contributed by atoms with van der Waals surface area (Å²) in [6.45, 7) is 10.8. The van der Waals surface area contributed by atoms with Gasteiger partial charge in [0.25, 0.3) is 0 Å². The molecular weight excluding hydrogens is 186 g/mol. The van der Waals surface area contributed by atoms with Crippen LogP contribution < -0.4 is 5.73 Å². The molecule has 0 amide bonds. The molecule has 1 saturated heterocycles. The van der Waals surface area contributed by atoms with Crippen molar-refractivity contribution in [2.24, 2.45) is 17.1 Å².